The summed E-state index contributed by atoms with van der Waals surface area (Å²) in [5, 5.41) is 2.94. The number of hydrogen-bond donors (Lipinski definition) is 2. The quantitative estimate of drug-likeness (QED) is 0.810. The number of alkyl halides is 1. The minimum Gasteiger partial charge on any atom is -0.381 e. The number of rotatable bonds is 2. The van der Waals surface area contributed by atoms with Crippen molar-refractivity contribution >= 4 is 5.82 Å². The predicted molar refractivity (Wildman–Crippen MR) is 102 cm³/mol. The molecule has 28 heavy (non-hydrogen) atoms. The Hall–Kier alpha value is -2.22. The van der Waals surface area contributed by atoms with E-state index in [1.165, 1.54) is 10.6 Å². The lowest BCUT2D eigenvalue weighted by Gasteiger charge is -2.43. The van der Waals surface area contributed by atoms with Crippen LogP contribution in [0.1, 0.15) is 44.7 Å². The third-order valence-electron chi connectivity index (χ3n) is 6.24. The summed E-state index contributed by atoms with van der Waals surface area (Å²) in [5.41, 5.74) is -0.916. The van der Waals surface area contributed by atoms with Gasteiger partial charge in [-0.25, -0.2) is 13.6 Å². The van der Waals surface area contributed by atoms with Gasteiger partial charge in [-0.2, -0.15) is 0 Å². The molecule has 0 amide bonds. The molecule has 4 rings (SSSR count). The van der Waals surface area contributed by atoms with E-state index in [2.05, 4.69) is 10.3 Å². The number of fused-ring (bicyclic) bond motifs is 1. The maximum absolute atomic E-state index is 15.2. The monoisotopic (exact) mass is 393 g/mol. The van der Waals surface area contributed by atoms with E-state index in [1.54, 1.807) is 13.0 Å². The fraction of sp³-hybridized carbons (Fsp3) is 0.600. The van der Waals surface area contributed by atoms with E-state index in [0.717, 1.165) is 5.57 Å². The van der Waals surface area contributed by atoms with E-state index < -0.39 is 34.7 Å². The van der Waals surface area contributed by atoms with Gasteiger partial charge in [0.2, 0.25) is 0 Å². The minimum atomic E-state index is -1.45. The van der Waals surface area contributed by atoms with Crippen molar-refractivity contribution in [3.05, 3.63) is 50.0 Å². The molecule has 2 N–H and O–H groups in total. The molecule has 152 valence electrons. The molecule has 3 heterocycles. The summed E-state index contributed by atoms with van der Waals surface area (Å²) in [6, 6.07) is -1.14. The Morgan fingerprint density at radius 2 is 1.96 bits per heavy atom. The summed E-state index contributed by atoms with van der Waals surface area (Å²) in [6.07, 6.45) is 2.95. The second kappa shape index (κ2) is 6.99. The van der Waals surface area contributed by atoms with Crippen molar-refractivity contribution in [2.75, 3.05) is 18.5 Å². The standard InChI is InChI=1S/C20H25F2N3O3/c1-11-3-4-15(22)20(2,10-11)16-14(21)9-13-17(23-16)24-19(27)25(18(13)26)12-5-7-28-8-6-12/h3-4,12,14,16,23H,5-10H2,1-2H3,(H,24,27)/t14-,16+,20?/m0/s1. The summed E-state index contributed by atoms with van der Waals surface area (Å²) in [7, 11) is 0. The van der Waals surface area contributed by atoms with Gasteiger partial charge in [-0.05, 0) is 32.3 Å². The average molecular weight is 393 g/mol. The van der Waals surface area contributed by atoms with Crippen molar-refractivity contribution in [1.82, 2.24) is 9.55 Å². The number of hydrogen-bond acceptors (Lipinski definition) is 4. The lowest BCUT2D eigenvalue weighted by Crippen LogP contribution is -2.53. The summed E-state index contributed by atoms with van der Waals surface area (Å²) < 4.78 is 36.3. The van der Waals surface area contributed by atoms with Crippen LogP contribution in [0.15, 0.2) is 33.1 Å². The Labute approximate surface area is 161 Å². The van der Waals surface area contributed by atoms with Gasteiger partial charge in [0.1, 0.15) is 17.8 Å². The van der Waals surface area contributed by atoms with Gasteiger partial charge in [-0.1, -0.05) is 18.6 Å². The molecule has 0 spiro atoms. The molecule has 1 unspecified atom stereocenters. The van der Waals surface area contributed by atoms with Crippen molar-refractivity contribution in [1.29, 1.82) is 0 Å². The second-order valence-corrected chi connectivity index (χ2v) is 8.27. The molecule has 1 fully saturated rings. The van der Waals surface area contributed by atoms with Crippen LogP contribution >= 0.6 is 0 Å². The zero-order chi connectivity index (χ0) is 20.1. The highest BCUT2D eigenvalue weighted by molar-refractivity contribution is 5.49. The molecule has 3 atom stereocenters. The zero-order valence-electron chi connectivity index (χ0n) is 16.1. The summed E-state index contributed by atoms with van der Waals surface area (Å²) in [6.45, 7) is 4.51. The Morgan fingerprint density at radius 1 is 1.25 bits per heavy atom. The minimum absolute atomic E-state index is 0.155. The van der Waals surface area contributed by atoms with E-state index in [-0.39, 0.29) is 23.8 Å². The van der Waals surface area contributed by atoms with Crippen LogP contribution in [0.5, 0.6) is 0 Å². The predicted octanol–water partition coefficient (Wildman–Crippen LogP) is 2.77. The smallest absolute Gasteiger partial charge is 0.330 e. The van der Waals surface area contributed by atoms with Crippen LogP contribution in [-0.4, -0.2) is 35.0 Å². The molecule has 0 radical (unpaired) electrons. The molecule has 1 aromatic heterocycles. The molecule has 6 nitrogen and oxygen atoms in total. The average Bonchev–Trinajstić information content (AvgIpc) is 2.66. The molecule has 0 aromatic carbocycles. The Balaban J connectivity index is 1.71. The highest BCUT2D eigenvalue weighted by Crippen LogP contribution is 2.45. The largest absolute Gasteiger partial charge is 0.381 e. The zero-order valence-corrected chi connectivity index (χ0v) is 16.1. The van der Waals surface area contributed by atoms with Gasteiger partial charge in [0, 0.05) is 31.1 Å². The maximum Gasteiger partial charge on any atom is 0.330 e. The Kier molecular flexibility index (Phi) is 4.77. The lowest BCUT2D eigenvalue weighted by molar-refractivity contribution is 0.0672. The first-order valence-electron chi connectivity index (χ1n) is 9.70. The van der Waals surface area contributed by atoms with Crippen LogP contribution < -0.4 is 16.6 Å². The SMILES string of the molecule is CC1=CC=C(F)C(C)([C@@H]2Nc3[nH]c(=O)n(C4CCOCC4)c(=O)c3C[C@@H]2F)C1. The van der Waals surface area contributed by atoms with E-state index in [0.29, 0.717) is 32.5 Å². The second-order valence-electron chi connectivity index (χ2n) is 8.27. The molecule has 1 aliphatic carbocycles. The lowest BCUT2D eigenvalue weighted by atomic mass is 9.70. The summed E-state index contributed by atoms with van der Waals surface area (Å²) in [4.78, 5) is 28.3. The molecule has 0 saturated carbocycles. The summed E-state index contributed by atoms with van der Waals surface area (Å²) >= 11 is 0. The maximum atomic E-state index is 15.2. The van der Waals surface area contributed by atoms with Crippen molar-refractivity contribution in [3.63, 3.8) is 0 Å². The number of nitrogens with one attached hydrogen (secondary N) is 2. The van der Waals surface area contributed by atoms with Gasteiger partial charge in [0.25, 0.3) is 5.56 Å². The fourth-order valence-corrected chi connectivity index (χ4v) is 4.68. The first-order valence-corrected chi connectivity index (χ1v) is 9.70. The van der Waals surface area contributed by atoms with Crippen LogP contribution in [0.4, 0.5) is 14.6 Å². The van der Waals surface area contributed by atoms with Crippen molar-refractivity contribution < 1.29 is 13.5 Å². The Bertz CT molecular complexity index is 958. The number of allylic oxidation sites excluding steroid dienone is 3. The molecular formula is C20H25F2N3O3. The molecule has 3 aliphatic rings. The third kappa shape index (κ3) is 3.03. The number of aromatic nitrogens is 2. The van der Waals surface area contributed by atoms with Crippen molar-refractivity contribution in [2.45, 2.75) is 57.8 Å². The van der Waals surface area contributed by atoms with E-state index in [4.69, 9.17) is 4.74 Å². The number of anilines is 1. The third-order valence-corrected chi connectivity index (χ3v) is 6.24. The molecule has 1 aromatic rings. The van der Waals surface area contributed by atoms with Crippen LogP contribution in [0.2, 0.25) is 0 Å². The van der Waals surface area contributed by atoms with Gasteiger partial charge in [0.15, 0.2) is 0 Å². The van der Waals surface area contributed by atoms with E-state index in [9.17, 15) is 14.0 Å². The van der Waals surface area contributed by atoms with Crippen molar-refractivity contribution in [3.8, 4) is 0 Å². The summed E-state index contributed by atoms with van der Waals surface area (Å²) in [5.74, 6) is -0.196. The Morgan fingerprint density at radius 3 is 2.68 bits per heavy atom. The fourth-order valence-electron chi connectivity index (χ4n) is 4.68. The molecule has 1 saturated heterocycles. The van der Waals surface area contributed by atoms with Gasteiger partial charge in [0.05, 0.1) is 11.6 Å². The highest BCUT2D eigenvalue weighted by atomic mass is 19.1. The highest BCUT2D eigenvalue weighted by Gasteiger charge is 2.47. The number of aromatic amines is 1. The van der Waals surface area contributed by atoms with Crippen LogP contribution in [0, 0.1) is 5.41 Å². The van der Waals surface area contributed by atoms with Gasteiger partial charge in [-0.15, -0.1) is 0 Å². The van der Waals surface area contributed by atoms with Crippen molar-refractivity contribution in [2.24, 2.45) is 5.41 Å². The van der Waals surface area contributed by atoms with Crippen LogP contribution in [-0.2, 0) is 11.2 Å². The van der Waals surface area contributed by atoms with Gasteiger partial charge >= 0.3 is 5.69 Å². The number of ether oxygens (including phenoxy) is 1. The van der Waals surface area contributed by atoms with Gasteiger partial charge in [-0.3, -0.25) is 14.3 Å². The number of H-pyrrole nitrogens is 1. The van der Waals surface area contributed by atoms with Crippen LogP contribution in [0.3, 0.4) is 0 Å². The molecule has 2 aliphatic heterocycles. The normalized spacial score (nSPS) is 30.9. The number of nitrogens with zero attached hydrogens (tertiary/aromatic N) is 1. The molecular weight excluding hydrogens is 368 g/mol. The number of halogens is 2. The molecule has 0 bridgehead atoms. The topological polar surface area (TPSA) is 76.1 Å². The van der Waals surface area contributed by atoms with E-state index in [1.807, 2.05) is 6.92 Å². The first-order chi connectivity index (χ1) is 13.3. The molecule has 8 heteroatoms. The van der Waals surface area contributed by atoms with Gasteiger partial charge < -0.3 is 10.1 Å². The van der Waals surface area contributed by atoms with E-state index >= 15 is 4.39 Å². The van der Waals surface area contributed by atoms with Crippen LogP contribution in [0.25, 0.3) is 0 Å². The first kappa shape index (κ1) is 19.1.